The first-order valence-electron chi connectivity index (χ1n) is 10.4. The van der Waals surface area contributed by atoms with Gasteiger partial charge in [-0.15, -0.1) is 0 Å². The van der Waals surface area contributed by atoms with Gasteiger partial charge in [0.1, 0.15) is 5.82 Å². The Bertz CT molecular complexity index is 1210. The van der Waals surface area contributed by atoms with Crippen LogP contribution in [0, 0.1) is 12.7 Å². The lowest BCUT2D eigenvalue weighted by atomic mass is 9.99. The first-order chi connectivity index (χ1) is 15.2. The molecule has 0 aliphatic carbocycles. The summed E-state index contributed by atoms with van der Waals surface area (Å²) in [5.74, 6) is 0.583. The summed E-state index contributed by atoms with van der Waals surface area (Å²) in [6.45, 7) is 4.51. The fourth-order valence-corrected chi connectivity index (χ4v) is 4.07. The fraction of sp³-hybridized carbons (Fsp3) is 0.208. The predicted octanol–water partition coefficient (Wildman–Crippen LogP) is 5.00. The first kappa shape index (κ1) is 19.2. The smallest absolute Gasteiger partial charge is 0.154 e. The van der Waals surface area contributed by atoms with E-state index in [1.165, 1.54) is 12.1 Å². The fourth-order valence-electron chi connectivity index (χ4n) is 4.07. The van der Waals surface area contributed by atoms with Crippen molar-refractivity contribution in [1.82, 2.24) is 19.5 Å². The van der Waals surface area contributed by atoms with Crippen molar-refractivity contribution in [2.75, 3.05) is 18.0 Å². The minimum atomic E-state index is -0.246. The van der Waals surface area contributed by atoms with E-state index in [-0.39, 0.29) is 5.82 Å². The standard InChI is InChI=1S/C24H23FN6/c1-17-15-30(16-28-17)12-2-13-31-14-11-27-24-23(31)21(18-3-5-20(25)6-4-18)22(29-24)19-7-9-26-10-8-19/h3-11,15-16,29H,2,12-14H2,1H3. The maximum atomic E-state index is 13.6. The Kier molecular flexibility index (Phi) is 5.08. The van der Waals surface area contributed by atoms with E-state index < -0.39 is 0 Å². The Hall–Kier alpha value is -3.74. The monoisotopic (exact) mass is 414 g/mol. The Morgan fingerprint density at radius 3 is 2.58 bits per heavy atom. The van der Waals surface area contributed by atoms with Crippen LogP contribution < -0.4 is 4.90 Å². The largest absolute Gasteiger partial charge is 0.363 e. The lowest BCUT2D eigenvalue weighted by Gasteiger charge is -2.27. The number of halogens is 1. The van der Waals surface area contributed by atoms with Crippen LogP contribution in [0.2, 0.25) is 0 Å². The van der Waals surface area contributed by atoms with Gasteiger partial charge in [-0.2, -0.15) is 0 Å². The molecule has 1 aliphatic rings. The van der Waals surface area contributed by atoms with Crippen LogP contribution >= 0.6 is 0 Å². The Balaban J connectivity index is 1.52. The summed E-state index contributed by atoms with van der Waals surface area (Å²) in [4.78, 5) is 18.9. The average molecular weight is 414 g/mol. The van der Waals surface area contributed by atoms with Gasteiger partial charge in [-0.1, -0.05) is 12.1 Å². The molecular weight excluding hydrogens is 391 g/mol. The van der Waals surface area contributed by atoms with Crippen molar-refractivity contribution in [3.63, 3.8) is 0 Å². The number of rotatable bonds is 6. The quantitative estimate of drug-likeness (QED) is 0.483. The van der Waals surface area contributed by atoms with E-state index >= 15 is 0 Å². The minimum absolute atomic E-state index is 0.246. The molecule has 0 unspecified atom stereocenters. The summed E-state index contributed by atoms with van der Waals surface area (Å²) in [7, 11) is 0. The van der Waals surface area contributed by atoms with E-state index in [1.54, 1.807) is 12.4 Å². The first-order valence-corrected chi connectivity index (χ1v) is 10.4. The highest BCUT2D eigenvalue weighted by Gasteiger charge is 2.26. The maximum absolute atomic E-state index is 13.6. The molecule has 3 aromatic heterocycles. The number of aromatic amines is 1. The SMILES string of the molecule is Cc1cn(CCCN2CC=Nc3[nH]c(-c4ccncc4)c(-c4ccc(F)cc4)c32)cn1. The van der Waals surface area contributed by atoms with E-state index in [2.05, 4.69) is 35.6 Å². The topological polar surface area (TPSA) is 62.1 Å². The molecule has 1 aromatic carbocycles. The second-order valence-corrected chi connectivity index (χ2v) is 7.68. The average Bonchev–Trinajstić information content (AvgIpc) is 3.39. The van der Waals surface area contributed by atoms with E-state index in [0.717, 1.165) is 65.6 Å². The summed E-state index contributed by atoms with van der Waals surface area (Å²) in [5, 5.41) is 0. The van der Waals surface area contributed by atoms with E-state index in [4.69, 9.17) is 0 Å². The molecule has 0 fully saturated rings. The number of hydrogen-bond donors (Lipinski definition) is 1. The number of H-pyrrole nitrogens is 1. The van der Waals surface area contributed by atoms with Crippen molar-refractivity contribution in [2.24, 2.45) is 4.99 Å². The van der Waals surface area contributed by atoms with Crippen LogP contribution in [0.1, 0.15) is 12.1 Å². The van der Waals surface area contributed by atoms with E-state index in [1.807, 2.05) is 43.7 Å². The molecule has 31 heavy (non-hydrogen) atoms. The molecule has 4 aromatic rings. The molecule has 0 atom stereocenters. The minimum Gasteiger partial charge on any atom is -0.363 e. The molecule has 4 heterocycles. The highest BCUT2D eigenvalue weighted by molar-refractivity contribution is 5.99. The van der Waals surface area contributed by atoms with Crippen molar-refractivity contribution < 1.29 is 4.39 Å². The molecule has 0 saturated carbocycles. The van der Waals surface area contributed by atoms with Gasteiger partial charge in [0.15, 0.2) is 5.82 Å². The van der Waals surface area contributed by atoms with Gasteiger partial charge in [0.2, 0.25) is 0 Å². The van der Waals surface area contributed by atoms with Crippen molar-refractivity contribution in [3.05, 3.63) is 72.8 Å². The van der Waals surface area contributed by atoms with Crippen LogP contribution in [0.5, 0.6) is 0 Å². The van der Waals surface area contributed by atoms with Crippen LogP contribution in [-0.2, 0) is 6.54 Å². The summed E-state index contributed by atoms with van der Waals surface area (Å²) in [6, 6.07) is 10.6. The number of aliphatic imine (C=N–C) groups is 1. The van der Waals surface area contributed by atoms with Crippen LogP contribution in [0.3, 0.4) is 0 Å². The number of aryl methyl sites for hydroxylation is 2. The number of benzene rings is 1. The summed E-state index contributed by atoms with van der Waals surface area (Å²) in [6.07, 6.45) is 10.4. The molecule has 7 heteroatoms. The number of nitrogens with one attached hydrogen (secondary N) is 1. The van der Waals surface area contributed by atoms with Crippen molar-refractivity contribution >= 4 is 17.7 Å². The lowest BCUT2D eigenvalue weighted by molar-refractivity contribution is 0.628. The number of hydrogen-bond acceptors (Lipinski definition) is 4. The zero-order chi connectivity index (χ0) is 21.2. The molecular formula is C24H23FN6. The Morgan fingerprint density at radius 2 is 1.84 bits per heavy atom. The Labute approximate surface area is 180 Å². The molecule has 1 N–H and O–H groups in total. The molecule has 0 bridgehead atoms. The second-order valence-electron chi connectivity index (χ2n) is 7.68. The van der Waals surface area contributed by atoms with Crippen LogP contribution in [0.4, 0.5) is 15.9 Å². The number of anilines is 1. The molecule has 0 saturated heterocycles. The summed E-state index contributed by atoms with van der Waals surface area (Å²) < 4.78 is 15.8. The van der Waals surface area contributed by atoms with Gasteiger partial charge in [-0.25, -0.2) is 14.4 Å². The van der Waals surface area contributed by atoms with Crippen molar-refractivity contribution in [1.29, 1.82) is 0 Å². The number of imidazole rings is 1. The lowest BCUT2D eigenvalue weighted by Crippen LogP contribution is -2.29. The molecule has 0 spiro atoms. The van der Waals surface area contributed by atoms with Crippen LogP contribution in [-0.4, -0.2) is 38.8 Å². The number of nitrogens with zero attached hydrogens (tertiary/aromatic N) is 5. The van der Waals surface area contributed by atoms with Crippen molar-refractivity contribution in [3.8, 4) is 22.4 Å². The third-order valence-electron chi connectivity index (χ3n) is 5.50. The number of aromatic nitrogens is 4. The summed E-state index contributed by atoms with van der Waals surface area (Å²) >= 11 is 0. The second kappa shape index (κ2) is 8.18. The predicted molar refractivity (Wildman–Crippen MR) is 121 cm³/mol. The van der Waals surface area contributed by atoms with Gasteiger partial charge in [0, 0.05) is 49.0 Å². The third-order valence-corrected chi connectivity index (χ3v) is 5.50. The summed E-state index contributed by atoms with van der Waals surface area (Å²) in [5.41, 5.74) is 6.07. The van der Waals surface area contributed by atoms with Gasteiger partial charge in [0.05, 0.1) is 29.9 Å². The number of pyridine rings is 1. The van der Waals surface area contributed by atoms with Gasteiger partial charge >= 0.3 is 0 Å². The van der Waals surface area contributed by atoms with Gasteiger partial charge in [-0.05, 0) is 43.2 Å². The molecule has 156 valence electrons. The Morgan fingerprint density at radius 1 is 1.03 bits per heavy atom. The number of fused-ring (bicyclic) bond motifs is 1. The highest BCUT2D eigenvalue weighted by Crippen LogP contribution is 2.46. The van der Waals surface area contributed by atoms with Crippen LogP contribution in [0.15, 0.2) is 66.3 Å². The van der Waals surface area contributed by atoms with E-state index in [9.17, 15) is 4.39 Å². The maximum Gasteiger partial charge on any atom is 0.154 e. The normalized spacial score (nSPS) is 12.9. The van der Waals surface area contributed by atoms with E-state index in [0.29, 0.717) is 0 Å². The zero-order valence-electron chi connectivity index (χ0n) is 17.3. The third kappa shape index (κ3) is 3.86. The highest BCUT2D eigenvalue weighted by atomic mass is 19.1. The van der Waals surface area contributed by atoms with Crippen LogP contribution in [0.25, 0.3) is 22.4 Å². The van der Waals surface area contributed by atoms with Gasteiger partial charge in [0.25, 0.3) is 0 Å². The molecule has 1 aliphatic heterocycles. The zero-order valence-corrected chi connectivity index (χ0v) is 17.3. The van der Waals surface area contributed by atoms with Gasteiger partial charge < -0.3 is 14.5 Å². The molecule has 5 rings (SSSR count). The molecule has 0 radical (unpaired) electrons. The molecule has 6 nitrogen and oxygen atoms in total. The van der Waals surface area contributed by atoms with Gasteiger partial charge in [-0.3, -0.25) is 4.98 Å². The molecule has 0 amide bonds. The van der Waals surface area contributed by atoms with Crippen molar-refractivity contribution in [2.45, 2.75) is 19.9 Å².